The lowest BCUT2D eigenvalue weighted by Crippen LogP contribution is -2.11. The van der Waals surface area contributed by atoms with Crippen LogP contribution in [0.5, 0.6) is 0 Å². The number of nitrogens with one attached hydrogen (secondary N) is 1. The molecule has 80 valence electrons. The number of amides is 1. The van der Waals surface area contributed by atoms with Gasteiger partial charge in [0.05, 0.1) is 24.7 Å². The quantitative estimate of drug-likeness (QED) is 0.688. The second-order valence-corrected chi connectivity index (χ2v) is 2.83. The van der Waals surface area contributed by atoms with Gasteiger partial charge in [0.2, 0.25) is 5.91 Å². The van der Waals surface area contributed by atoms with Gasteiger partial charge in [-0.25, -0.2) is 9.78 Å². The molecule has 0 aromatic carbocycles. The summed E-state index contributed by atoms with van der Waals surface area (Å²) >= 11 is 0. The number of carbonyl (C=O) groups is 2. The number of nitrogens with two attached hydrogens (primary N) is 1. The number of pyridine rings is 1. The molecule has 1 rings (SSSR count). The minimum atomic E-state index is -0.573. The summed E-state index contributed by atoms with van der Waals surface area (Å²) in [7, 11) is 1.25. The maximum absolute atomic E-state index is 11.1. The molecule has 15 heavy (non-hydrogen) atoms. The first-order valence-corrected chi connectivity index (χ1v) is 4.16. The summed E-state index contributed by atoms with van der Waals surface area (Å²) in [5, 5.41) is 2.48. The summed E-state index contributed by atoms with van der Waals surface area (Å²) in [5.74, 6) is -0.828. The standard InChI is InChI=1S/C9H11N3O3/c1-5(13)12-8-4-11-7(3-6(8)10)9(14)15-2/h3-4H,1-2H3,(H2,10,11)(H,12,13). The van der Waals surface area contributed by atoms with Crippen molar-refractivity contribution in [3.63, 3.8) is 0 Å². The summed E-state index contributed by atoms with van der Waals surface area (Å²) in [6.45, 7) is 1.35. The number of hydrogen-bond donors (Lipinski definition) is 2. The van der Waals surface area contributed by atoms with E-state index in [4.69, 9.17) is 5.73 Å². The molecule has 1 amide bonds. The third kappa shape index (κ3) is 2.67. The van der Waals surface area contributed by atoms with Crippen LogP contribution in [0.15, 0.2) is 12.3 Å². The minimum Gasteiger partial charge on any atom is -0.464 e. The number of carbonyl (C=O) groups excluding carboxylic acids is 2. The molecule has 0 aliphatic rings. The number of anilines is 2. The number of methoxy groups -OCH3 is 1. The maximum atomic E-state index is 11.1. The van der Waals surface area contributed by atoms with Crippen molar-refractivity contribution in [3.8, 4) is 0 Å². The van der Waals surface area contributed by atoms with Crippen molar-refractivity contribution in [1.82, 2.24) is 4.98 Å². The van der Waals surface area contributed by atoms with Crippen LogP contribution in [-0.4, -0.2) is 24.0 Å². The average molecular weight is 209 g/mol. The third-order valence-corrected chi connectivity index (χ3v) is 1.64. The van der Waals surface area contributed by atoms with E-state index < -0.39 is 5.97 Å². The summed E-state index contributed by atoms with van der Waals surface area (Å²) in [5.41, 5.74) is 6.34. The Kier molecular flexibility index (Phi) is 3.22. The van der Waals surface area contributed by atoms with Gasteiger partial charge in [-0.15, -0.1) is 0 Å². The maximum Gasteiger partial charge on any atom is 0.356 e. The summed E-state index contributed by atoms with van der Waals surface area (Å²) < 4.78 is 4.47. The molecule has 1 heterocycles. The number of aromatic nitrogens is 1. The Morgan fingerprint density at radius 3 is 2.67 bits per heavy atom. The highest BCUT2D eigenvalue weighted by Gasteiger charge is 2.10. The van der Waals surface area contributed by atoms with E-state index in [1.165, 1.54) is 26.3 Å². The number of hydrogen-bond acceptors (Lipinski definition) is 5. The fourth-order valence-corrected chi connectivity index (χ4v) is 0.981. The van der Waals surface area contributed by atoms with Crippen LogP contribution in [0.3, 0.4) is 0 Å². The van der Waals surface area contributed by atoms with E-state index in [9.17, 15) is 9.59 Å². The fourth-order valence-electron chi connectivity index (χ4n) is 0.981. The topological polar surface area (TPSA) is 94.3 Å². The lowest BCUT2D eigenvalue weighted by atomic mass is 10.3. The molecule has 0 saturated carbocycles. The van der Waals surface area contributed by atoms with Crippen molar-refractivity contribution < 1.29 is 14.3 Å². The first-order valence-electron chi connectivity index (χ1n) is 4.16. The second-order valence-electron chi connectivity index (χ2n) is 2.83. The van der Waals surface area contributed by atoms with Gasteiger partial charge in [0.1, 0.15) is 0 Å². The van der Waals surface area contributed by atoms with E-state index in [0.717, 1.165) is 0 Å². The predicted molar refractivity (Wildman–Crippen MR) is 54.3 cm³/mol. The lowest BCUT2D eigenvalue weighted by molar-refractivity contribution is -0.114. The van der Waals surface area contributed by atoms with Crippen LogP contribution >= 0.6 is 0 Å². The van der Waals surface area contributed by atoms with Crippen molar-refractivity contribution in [1.29, 1.82) is 0 Å². The molecular formula is C9H11N3O3. The van der Waals surface area contributed by atoms with Crippen molar-refractivity contribution in [2.45, 2.75) is 6.92 Å². The molecule has 6 heteroatoms. The number of ether oxygens (including phenoxy) is 1. The molecule has 0 unspecified atom stereocenters. The van der Waals surface area contributed by atoms with Gasteiger partial charge in [-0.1, -0.05) is 0 Å². The van der Waals surface area contributed by atoms with Gasteiger partial charge < -0.3 is 15.8 Å². The third-order valence-electron chi connectivity index (χ3n) is 1.64. The van der Waals surface area contributed by atoms with Crippen LogP contribution < -0.4 is 11.1 Å². The highest BCUT2D eigenvalue weighted by molar-refractivity contribution is 5.94. The lowest BCUT2D eigenvalue weighted by Gasteiger charge is -2.06. The first-order chi connectivity index (χ1) is 7.04. The highest BCUT2D eigenvalue weighted by atomic mass is 16.5. The fraction of sp³-hybridized carbons (Fsp3) is 0.222. The summed E-state index contributed by atoms with van der Waals surface area (Å²) in [6.07, 6.45) is 1.31. The molecule has 0 fully saturated rings. The highest BCUT2D eigenvalue weighted by Crippen LogP contribution is 2.17. The zero-order valence-corrected chi connectivity index (χ0v) is 8.40. The number of esters is 1. The zero-order chi connectivity index (χ0) is 11.4. The molecule has 1 aromatic heterocycles. The van der Waals surface area contributed by atoms with Crippen LogP contribution in [0.25, 0.3) is 0 Å². The van der Waals surface area contributed by atoms with E-state index in [1.54, 1.807) is 0 Å². The van der Waals surface area contributed by atoms with Gasteiger partial charge in [0, 0.05) is 6.92 Å². The van der Waals surface area contributed by atoms with Crippen molar-refractivity contribution >= 4 is 23.3 Å². The Labute approximate surface area is 86.4 Å². The predicted octanol–water partition coefficient (Wildman–Crippen LogP) is 0.409. The van der Waals surface area contributed by atoms with Crippen molar-refractivity contribution in [3.05, 3.63) is 18.0 Å². The Bertz CT molecular complexity index is 404. The van der Waals surface area contributed by atoms with E-state index in [0.29, 0.717) is 5.69 Å². The Balaban J connectivity index is 2.97. The monoisotopic (exact) mass is 209 g/mol. The molecule has 0 aliphatic heterocycles. The zero-order valence-electron chi connectivity index (χ0n) is 8.40. The van der Waals surface area contributed by atoms with Crippen LogP contribution in [0.1, 0.15) is 17.4 Å². The smallest absolute Gasteiger partial charge is 0.356 e. The molecule has 0 saturated heterocycles. The van der Waals surface area contributed by atoms with E-state index in [1.807, 2.05) is 0 Å². The van der Waals surface area contributed by atoms with E-state index in [2.05, 4.69) is 15.0 Å². The van der Waals surface area contributed by atoms with Gasteiger partial charge in [-0.05, 0) is 6.07 Å². The second kappa shape index (κ2) is 4.41. The number of nitrogens with zero attached hydrogens (tertiary/aromatic N) is 1. The number of nitrogen functional groups attached to an aromatic ring is 1. The first kappa shape index (κ1) is 11.0. The average Bonchev–Trinajstić information content (AvgIpc) is 2.19. The molecule has 3 N–H and O–H groups in total. The van der Waals surface area contributed by atoms with Gasteiger partial charge in [-0.2, -0.15) is 0 Å². The summed E-state index contributed by atoms with van der Waals surface area (Å²) in [6, 6.07) is 1.34. The molecule has 0 radical (unpaired) electrons. The molecule has 0 aliphatic carbocycles. The number of rotatable bonds is 2. The molecule has 1 aromatic rings. The van der Waals surface area contributed by atoms with Crippen LogP contribution in [0.2, 0.25) is 0 Å². The summed E-state index contributed by atoms with van der Waals surface area (Å²) in [4.78, 5) is 25.6. The minimum absolute atomic E-state index is 0.101. The van der Waals surface area contributed by atoms with E-state index in [-0.39, 0.29) is 17.3 Å². The van der Waals surface area contributed by atoms with Crippen LogP contribution in [0, 0.1) is 0 Å². The van der Waals surface area contributed by atoms with Crippen molar-refractivity contribution in [2.24, 2.45) is 0 Å². The van der Waals surface area contributed by atoms with E-state index >= 15 is 0 Å². The van der Waals surface area contributed by atoms with Gasteiger partial charge in [-0.3, -0.25) is 4.79 Å². The normalized spacial score (nSPS) is 9.47. The van der Waals surface area contributed by atoms with Gasteiger partial charge in [0.25, 0.3) is 0 Å². The van der Waals surface area contributed by atoms with Crippen LogP contribution in [-0.2, 0) is 9.53 Å². The Hall–Kier alpha value is -2.11. The largest absolute Gasteiger partial charge is 0.464 e. The molecule has 0 spiro atoms. The SMILES string of the molecule is COC(=O)c1cc(N)c(NC(C)=O)cn1. The van der Waals surface area contributed by atoms with Crippen LogP contribution in [0.4, 0.5) is 11.4 Å². The van der Waals surface area contributed by atoms with Crippen molar-refractivity contribution in [2.75, 3.05) is 18.2 Å². The van der Waals surface area contributed by atoms with Gasteiger partial charge in [0.15, 0.2) is 5.69 Å². The molecule has 6 nitrogen and oxygen atoms in total. The molecule has 0 atom stereocenters. The Morgan fingerprint density at radius 1 is 1.53 bits per heavy atom. The molecular weight excluding hydrogens is 198 g/mol. The van der Waals surface area contributed by atoms with Gasteiger partial charge >= 0.3 is 5.97 Å². The molecule has 0 bridgehead atoms. The Morgan fingerprint density at radius 2 is 2.20 bits per heavy atom.